The summed E-state index contributed by atoms with van der Waals surface area (Å²) in [6.45, 7) is 2.54. The zero-order chi connectivity index (χ0) is 13.7. The predicted octanol–water partition coefficient (Wildman–Crippen LogP) is 2.54. The average molecular weight is 283 g/mol. The van der Waals surface area contributed by atoms with Gasteiger partial charge in [-0.25, -0.2) is 0 Å². The Morgan fingerprint density at radius 1 is 1.53 bits per heavy atom. The van der Waals surface area contributed by atoms with Gasteiger partial charge in [0.05, 0.1) is 17.2 Å². The molecule has 1 saturated heterocycles. The first kappa shape index (κ1) is 14.2. The molecule has 104 valence electrons. The number of benzene rings is 1. The Hall–Kier alpha value is -1.26. The van der Waals surface area contributed by atoms with E-state index in [0.29, 0.717) is 16.5 Å². The molecule has 1 unspecified atom stereocenters. The highest BCUT2D eigenvalue weighted by molar-refractivity contribution is 6.34. The molecular weight excluding hydrogens is 264 g/mol. The maximum absolute atomic E-state index is 11.6. The van der Waals surface area contributed by atoms with Gasteiger partial charge in [0, 0.05) is 25.9 Å². The molecule has 0 aromatic heterocycles. The van der Waals surface area contributed by atoms with Crippen molar-refractivity contribution in [2.75, 3.05) is 32.1 Å². The molecule has 1 aromatic rings. The molecule has 19 heavy (non-hydrogen) atoms. The van der Waals surface area contributed by atoms with Gasteiger partial charge in [-0.15, -0.1) is 0 Å². The summed E-state index contributed by atoms with van der Waals surface area (Å²) >= 11 is 6.01. The van der Waals surface area contributed by atoms with Crippen LogP contribution >= 0.6 is 11.6 Å². The van der Waals surface area contributed by atoms with Crippen molar-refractivity contribution in [3.63, 3.8) is 0 Å². The normalized spacial score (nSPS) is 18.9. The van der Waals surface area contributed by atoms with Gasteiger partial charge >= 0.3 is 0 Å². The minimum atomic E-state index is -0.172. The van der Waals surface area contributed by atoms with E-state index >= 15 is 0 Å². The van der Waals surface area contributed by atoms with Crippen molar-refractivity contribution in [2.45, 2.75) is 12.8 Å². The van der Waals surface area contributed by atoms with Crippen molar-refractivity contribution in [2.24, 2.45) is 5.92 Å². The summed E-state index contributed by atoms with van der Waals surface area (Å²) in [6.07, 6.45) is 2.30. The number of carbonyl (C=O) groups is 1. The Morgan fingerprint density at radius 2 is 2.37 bits per heavy atom. The van der Waals surface area contributed by atoms with Crippen molar-refractivity contribution in [1.82, 2.24) is 5.32 Å². The van der Waals surface area contributed by atoms with E-state index in [0.717, 1.165) is 31.9 Å². The van der Waals surface area contributed by atoms with Crippen LogP contribution in [0.1, 0.15) is 23.2 Å². The van der Waals surface area contributed by atoms with Crippen LogP contribution in [0.4, 0.5) is 5.69 Å². The minimum Gasteiger partial charge on any atom is -0.385 e. The van der Waals surface area contributed by atoms with Crippen LogP contribution in [0, 0.1) is 5.92 Å². The number of amides is 1. The lowest BCUT2D eigenvalue weighted by Gasteiger charge is -2.22. The summed E-state index contributed by atoms with van der Waals surface area (Å²) in [5, 5.41) is 6.39. The monoisotopic (exact) mass is 282 g/mol. The number of hydrogen-bond donors (Lipinski definition) is 2. The first-order chi connectivity index (χ1) is 9.20. The highest BCUT2D eigenvalue weighted by Crippen LogP contribution is 2.21. The van der Waals surface area contributed by atoms with Crippen LogP contribution in [-0.2, 0) is 4.74 Å². The third kappa shape index (κ3) is 3.85. The first-order valence-electron chi connectivity index (χ1n) is 6.54. The maximum atomic E-state index is 11.6. The number of anilines is 1. The Labute approximate surface area is 118 Å². The third-order valence-electron chi connectivity index (χ3n) is 3.29. The summed E-state index contributed by atoms with van der Waals surface area (Å²) in [6, 6.07) is 5.41. The SMILES string of the molecule is CNC(=O)c1cc(NCC2CCCOC2)ccc1Cl. The Morgan fingerprint density at radius 3 is 3.05 bits per heavy atom. The van der Waals surface area contributed by atoms with Crippen LogP contribution in [0.2, 0.25) is 5.02 Å². The Balaban J connectivity index is 1.98. The molecule has 2 N–H and O–H groups in total. The van der Waals surface area contributed by atoms with E-state index in [-0.39, 0.29) is 5.91 Å². The predicted molar refractivity (Wildman–Crippen MR) is 76.9 cm³/mol. The van der Waals surface area contributed by atoms with E-state index in [1.165, 1.54) is 6.42 Å². The maximum Gasteiger partial charge on any atom is 0.252 e. The molecule has 1 heterocycles. The van der Waals surface area contributed by atoms with E-state index < -0.39 is 0 Å². The fraction of sp³-hybridized carbons (Fsp3) is 0.500. The van der Waals surface area contributed by atoms with E-state index in [1.54, 1.807) is 19.2 Å². The van der Waals surface area contributed by atoms with Gasteiger partial charge in [-0.2, -0.15) is 0 Å². The highest BCUT2D eigenvalue weighted by atomic mass is 35.5. The molecule has 1 aliphatic rings. The van der Waals surface area contributed by atoms with Crippen LogP contribution in [0.15, 0.2) is 18.2 Å². The number of nitrogens with one attached hydrogen (secondary N) is 2. The van der Waals surface area contributed by atoms with E-state index in [1.807, 2.05) is 6.07 Å². The van der Waals surface area contributed by atoms with Crippen molar-refractivity contribution in [3.8, 4) is 0 Å². The Kier molecular flexibility index (Phi) is 5.05. The average Bonchev–Trinajstić information content (AvgIpc) is 2.46. The van der Waals surface area contributed by atoms with Crippen LogP contribution in [0.25, 0.3) is 0 Å². The zero-order valence-electron chi connectivity index (χ0n) is 11.0. The van der Waals surface area contributed by atoms with Crippen LogP contribution in [0.3, 0.4) is 0 Å². The molecule has 2 rings (SSSR count). The van der Waals surface area contributed by atoms with Gasteiger partial charge in [0.1, 0.15) is 0 Å². The van der Waals surface area contributed by atoms with Crippen molar-refractivity contribution < 1.29 is 9.53 Å². The molecule has 5 heteroatoms. The molecule has 1 aromatic carbocycles. The fourth-order valence-electron chi connectivity index (χ4n) is 2.17. The summed E-state index contributed by atoms with van der Waals surface area (Å²) < 4.78 is 5.44. The van der Waals surface area contributed by atoms with Gasteiger partial charge in [-0.05, 0) is 37.0 Å². The van der Waals surface area contributed by atoms with Crippen LogP contribution in [0.5, 0.6) is 0 Å². The molecule has 1 aliphatic heterocycles. The van der Waals surface area contributed by atoms with Gasteiger partial charge in [0.2, 0.25) is 0 Å². The standard InChI is InChI=1S/C14H19ClN2O2/c1-16-14(18)12-7-11(4-5-13(12)15)17-8-10-3-2-6-19-9-10/h4-5,7,10,17H,2-3,6,8-9H2,1H3,(H,16,18). The summed E-state index contributed by atoms with van der Waals surface area (Å²) in [4.78, 5) is 11.6. The fourth-order valence-corrected chi connectivity index (χ4v) is 2.38. The molecule has 0 spiro atoms. The molecule has 0 saturated carbocycles. The smallest absolute Gasteiger partial charge is 0.252 e. The van der Waals surface area contributed by atoms with Gasteiger partial charge in [-0.3, -0.25) is 4.79 Å². The molecular formula is C14H19ClN2O2. The van der Waals surface area contributed by atoms with E-state index in [9.17, 15) is 4.79 Å². The zero-order valence-corrected chi connectivity index (χ0v) is 11.8. The second kappa shape index (κ2) is 6.78. The second-order valence-electron chi connectivity index (χ2n) is 4.74. The summed E-state index contributed by atoms with van der Waals surface area (Å²) in [5.74, 6) is 0.363. The van der Waals surface area contributed by atoms with Gasteiger partial charge < -0.3 is 15.4 Å². The minimum absolute atomic E-state index is 0.172. The van der Waals surface area contributed by atoms with Crippen LogP contribution < -0.4 is 10.6 Å². The molecule has 1 amide bonds. The van der Waals surface area contributed by atoms with Crippen molar-refractivity contribution in [1.29, 1.82) is 0 Å². The highest BCUT2D eigenvalue weighted by Gasteiger charge is 2.14. The van der Waals surface area contributed by atoms with Gasteiger partial charge in [0.15, 0.2) is 0 Å². The van der Waals surface area contributed by atoms with Crippen molar-refractivity contribution >= 4 is 23.2 Å². The van der Waals surface area contributed by atoms with Gasteiger partial charge in [-0.1, -0.05) is 11.6 Å². The van der Waals surface area contributed by atoms with E-state index in [4.69, 9.17) is 16.3 Å². The number of halogens is 1. The molecule has 1 fully saturated rings. The lowest BCUT2D eigenvalue weighted by atomic mass is 10.0. The number of ether oxygens (including phenoxy) is 1. The largest absolute Gasteiger partial charge is 0.385 e. The second-order valence-corrected chi connectivity index (χ2v) is 5.15. The van der Waals surface area contributed by atoms with E-state index in [2.05, 4.69) is 10.6 Å². The van der Waals surface area contributed by atoms with Crippen LogP contribution in [-0.4, -0.2) is 32.7 Å². The number of carbonyl (C=O) groups excluding carboxylic acids is 1. The summed E-state index contributed by atoms with van der Waals surface area (Å²) in [7, 11) is 1.60. The van der Waals surface area contributed by atoms with Crippen molar-refractivity contribution in [3.05, 3.63) is 28.8 Å². The molecule has 0 radical (unpaired) electrons. The first-order valence-corrected chi connectivity index (χ1v) is 6.91. The quantitative estimate of drug-likeness (QED) is 0.892. The molecule has 1 atom stereocenters. The molecule has 4 nitrogen and oxygen atoms in total. The molecule has 0 bridgehead atoms. The number of hydrogen-bond acceptors (Lipinski definition) is 3. The lowest BCUT2D eigenvalue weighted by Crippen LogP contribution is -2.24. The third-order valence-corrected chi connectivity index (χ3v) is 3.62. The van der Waals surface area contributed by atoms with Gasteiger partial charge in [0.25, 0.3) is 5.91 Å². The topological polar surface area (TPSA) is 50.4 Å². The lowest BCUT2D eigenvalue weighted by molar-refractivity contribution is 0.0595. The summed E-state index contributed by atoms with van der Waals surface area (Å²) in [5.41, 5.74) is 1.41. The Bertz CT molecular complexity index is 445. The number of rotatable bonds is 4. The molecule has 0 aliphatic carbocycles.